The van der Waals surface area contributed by atoms with Crippen molar-refractivity contribution in [3.63, 3.8) is 0 Å². The first-order valence-corrected chi connectivity index (χ1v) is 4.96. The topological polar surface area (TPSA) is 41.5 Å². The molecule has 0 bridgehead atoms. The third kappa shape index (κ3) is 8.22. The van der Waals surface area contributed by atoms with E-state index in [1.165, 1.54) is 0 Å². The maximum Gasteiger partial charge on any atom is 0.0613 e. The Morgan fingerprint density at radius 3 is 2.38 bits per heavy atom. The standard InChI is InChI=1S/C10H23NO2/c1-8(5-10(3)12)6-11-9(2)7-13-4/h8-12H,5-7H2,1-4H3. The lowest BCUT2D eigenvalue weighted by molar-refractivity contribution is 0.152. The molecule has 0 rings (SSSR count). The van der Waals surface area contributed by atoms with Gasteiger partial charge in [-0.1, -0.05) is 6.92 Å². The monoisotopic (exact) mass is 189 g/mol. The minimum atomic E-state index is -0.200. The van der Waals surface area contributed by atoms with Gasteiger partial charge in [-0.15, -0.1) is 0 Å². The molecule has 0 aliphatic heterocycles. The highest BCUT2D eigenvalue weighted by atomic mass is 16.5. The maximum absolute atomic E-state index is 9.14. The van der Waals surface area contributed by atoms with Gasteiger partial charge in [-0.2, -0.15) is 0 Å². The summed E-state index contributed by atoms with van der Waals surface area (Å²) >= 11 is 0. The lowest BCUT2D eigenvalue weighted by atomic mass is 10.0. The van der Waals surface area contributed by atoms with Crippen LogP contribution in [0.1, 0.15) is 27.2 Å². The first-order chi connectivity index (χ1) is 6.06. The van der Waals surface area contributed by atoms with Crippen molar-refractivity contribution in [2.75, 3.05) is 20.3 Å². The van der Waals surface area contributed by atoms with Crippen molar-refractivity contribution in [3.8, 4) is 0 Å². The van der Waals surface area contributed by atoms with Gasteiger partial charge >= 0.3 is 0 Å². The molecular formula is C10H23NO2. The lowest BCUT2D eigenvalue weighted by Crippen LogP contribution is -2.34. The Hall–Kier alpha value is -0.120. The Kier molecular flexibility index (Phi) is 7.23. The number of rotatable bonds is 7. The van der Waals surface area contributed by atoms with Crippen LogP contribution in [0, 0.1) is 5.92 Å². The van der Waals surface area contributed by atoms with E-state index in [0.29, 0.717) is 12.0 Å². The SMILES string of the molecule is COCC(C)NCC(C)CC(C)O. The Morgan fingerprint density at radius 2 is 1.92 bits per heavy atom. The third-order valence-corrected chi connectivity index (χ3v) is 1.97. The summed E-state index contributed by atoms with van der Waals surface area (Å²) in [6.07, 6.45) is 0.654. The van der Waals surface area contributed by atoms with Crippen LogP contribution in [0.5, 0.6) is 0 Å². The van der Waals surface area contributed by atoms with Crippen LogP contribution in [0.2, 0.25) is 0 Å². The van der Waals surface area contributed by atoms with E-state index in [1.807, 2.05) is 6.92 Å². The van der Waals surface area contributed by atoms with Crippen molar-refractivity contribution in [2.24, 2.45) is 5.92 Å². The lowest BCUT2D eigenvalue weighted by Gasteiger charge is -2.18. The van der Waals surface area contributed by atoms with Gasteiger partial charge in [-0.05, 0) is 32.7 Å². The molecule has 0 aliphatic carbocycles. The zero-order chi connectivity index (χ0) is 10.3. The quantitative estimate of drug-likeness (QED) is 0.628. The van der Waals surface area contributed by atoms with Crippen LogP contribution in [0.15, 0.2) is 0 Å². The Morgan fingerprint density at radius 1 is 1.31 bits per heavy atom. The number of hydrogen-bond acceptors (Lipinski definition) is 3. The van der Waals surface area contributed by atoms with Gasteiger partial charge < -0.3 is 15.2 Å². The fourth-order valence-electron chi connectivity index (χ4n) is 1.38. The predicted octanol–water partition coefficient (Wildman–Crippen LogP) is 1.02. The predicted molar refractivity (Wildman–Crippen MR) is 54.8 cm³/mol. The van der Waals surface area contributed by atoms with Crippen molar-refractivity contribution in [1.82, 2.24) is 5.32 Å². The molecule has 0 saturated heterocycles. The van der Waals surface area contributed by atoms with Crippen molar-refractivity contribution >= 4 is 0 Å². The average molecular weight is 189 g/mol. The smallest absolute Gasteiger partial charge is 0.0613 e. The molecule has 0 fully saturated rings. The molecule has 3 unspecified atom stereocenters. The van der Waals surface area contributed by atoms with Crippen LogP contribution in [0.3, 0.4) is 0 Å². The highest BCUT2D eigenvalue weighted by Crippen LogP contribution is 2.04. The molecule has 0 spiro atoms. The maximum atomic E-state index is 9.14. The van der Waals surface area contributed by atoms with Crippen molar-refractivity contribution < 1.29 is 9.84 Å². The van der Waals surface area contributed by atoms with Crippen LogP contribution in [-0.4, -0.2) is 37.5 Å². The number of ether oxygens (including phenoxy) is 1. The van der Waals surface area contributed by atoms with E-state index in [9.17, 15) is 0 Å². The molecule has 0 heterocycles. The van der Waals surface area contributed by atoms with Crippen LogP contribution in [0.4, 0.5) is 0 Å². The average Bonchev–Trinajstić information content (AvgIpc) is 2.00. The molecule has 3 nitrogen and oxygen atoms in total. The number of hydrogen-bond donors (Lipinski definition) is 2. The molecule has 2 N–H and O–H groups in total. The third-order valence-electron chi connectivity index (χ3n) is 1.97. The first kappa shape index (κ1) is 12.9. The Bertz CT molecular complexity index is 117. The zero-order valence-electron chi connectivity index (χ0n) is 9.21. The molecule has 80 valence electrons. The molecule has 0 radical (unpaired) electrons. The summed E-state index contributed by atoms with van der Waals surface area (Å²) in [5.74, 6) is 0.513. The zero-order valence-corrected chi connectivity index (χ0v) is 9.21. The number of aliphatic hydroxyl groups excluding tert-OH is 1. The summed E-state index contributed by atoms with van der Waals surface area (Å²) in [6.45, 7) is 7.74. The molecule has 0 aromatic rings. The van der Waals surface area contributed by atoms with Gasteiger partial charge in [0.15, 0.2) is 0 Å². The van der Waals surface area contributed by atoms with Gasteiger partial charge in [0.2, 0.25) is 0 Å². The van der Waals surface area contributed by atoms with Crippen molar-refractivity contribution in [2.45, 2.75) is 39.3 Å². The number of methoxy groups -OCH3 is 1. The van der Waals surface area contributed by atoms with E-state index in [-0.39, 0.29) is 6.10 Å². The van der Waals surface area contributed by atoms with E-state index < -0.39 is 0 Å². The minimum Gasteiger partial charge on any atom is -0.393 e. The Balaban J connectivity index is 3.40. The van der Waals surface area contributed by atoms with E-state index in [4.69, 9.17) is 9.84 Å². The molecule has 3 heteroatoms. The molecule has 0 amide bonds. The minimum absolute atomic E-state index is 0.200. The Labute approximate surface area is 81.5 Å². The van der Waals surface area contributed by atoms with Gasteiger partial charge in [0.05, 0.1) is 12.7 Å². The largest absolute Gasteiger partial charge is 0.393 e. The van der Waals surface area contributed by atoms with Gasteiger partial charge in [-0.3, -0.25) is 0 Å². The van der Waals surface area contributed by atoms with E-state index in [1.54, 1.807) is 7.11 Å². The van der Waals surface area contributed by atoms with E-state index >= 15 is 0 Å². The second-order valence-electron chi connectivity index (χ2n) is 3.95. The summed E-state index contributed by atoms with van der Waals surface area (Å²) in [5.41, 5.74) is 0. The number of nitrogens with one attached hydrogen (secondary N) is 1. The molecule has 0 aliphatic rings. The first-order valence-electron chi connectivity index (χ1n) is 4.96. The highest BCUT2D eigenvalue weighted by molar-refractivity contribution is 4.64. The van der Waals surface area contributed by atoms with E-state index in [2.05, 4.69) is 19.2 Å². The normalized spacial score (nSPS) is 18.2. The molecule has 13 heavy (non-hydrogen) atoms. The van der Waals surface area contributed by atoms with Crippen molar-refractivity contribution in [3.05, 3.63) is 0 Å². The fraction of sp³-hybridized carbons (Fsp3) is 1.00. The summed E-state index contributed by atoms with van der Waals surface area (Å²) in [5, 5.41) is 12.5. The van der Waals surface area contributed by atoms with Crippen LogP contribution in [-0.2, 0) is 4.74 Å². The molecule has 0 aromatic heterocycles. The van der Waals surface area contributed by atoms with Crippen molar-refractivity contribution in [1.29, 1.82) is 0 Å². The second kappa shape index (κ2) is 7.30. The van der Waals surface area contributed by atoms with Gasteiger partial charge in [0, 0.05) is 13.2 Å². The van der Waals surface area contributed by atoms with Gasteiger partial charge in [0.25, 0.3) is 0 Å². The van der Waals surface area contributed by atoms with Crippen LogP contribution >= 0.6 is 0 Å². The van der Waals surface area contributed by atoms with Gasteiger partial charge in [-0.25, -0.2) is 0 Å². The molecular weight excluding hydrogens is 166 g/mol. The summed E-state index contributed by atoms with van der Waals surface area (Å²) in [6, 6.07) is 0.390. The van der Waals surface area contributed by atoms with E-state index in [0.717, 1.165) is 19.6 Å². The van der Waals surface area contributed by atoms with Crippen LogP contribution in [0.25, 0.3) is 0 Å². The van der Waals surface area contributed by atoms with Crippen LogP contribution < -0.4 is 5.32 Å². The molecule has 3 atom stereocenters. The molecule has 0 saturated carbocycles. The summed E-state index contributed by atoms with van der Waals surface area (Å²) < 4.78 is 5.01. The molecule has 0 aromatic carbocycles. The van der Waals surface area contributed by atoms with Gasteiger partial charge in [0.1, 0.15) is 0 Å². The summed E-state index contributed by atoms with van der Waals surface area (Å²) in [7, 11) is 1.71. The highest BCUT2D eigenvalue weighted by Gasteiger charge is 2.07. The second-order valence-corrected chi connectivity index (χ2v) is 3.95. The number of aliphatic hydroxyl groups is 1. The summed E-state index contributed by atoms with van der Waals surface area (Å²) in [4.78, 5) is 0. The fourth-order valence-corrected chi connectivity index (χ4v) is 1.38.